The average molecular weight is 312 g/mol. The summed E-state index contributed by atoms with van der Waals surface area (Å²) in [7, 11) is 0. The van der Waals surface area contributed by atoms with E-state index in [-0.39, 0.29) is 6.61 Å². The van der Waals surface area contributed by atoms with Crippen LogP contribution in [0.3, 0.4) is 0 Å². The molecule has 3 rings (SSSR count). The fraction of sp³-hybridized carbons (Fsp3) is 0.444. The molecule has 2 N–H and O–H groups in total. The monoisotopic (exact) mass is 312 g/mol. The van der Waals surface area contributed by atoms with Crippen LogP contribution in [0.1, 0.15) is 30.2 Å². The van der Waals surface area contributed by atoms with Crippen LogP contribution < -0.4 is 10.2 Å². The number of aliphatic hydroxyl groups is 1. The fourth-order valence-electron chi connectivity index (χ4n) is 3.04. The Balaban J connectivity index is 1.83. The highest BCUT2D eigenvalue weighted by Crippen LogP contribution is 2.28. The van der Waals surface area contributed by atoms with E-state index in [2.05, 4.69) is 51.4 Å². The molecule has 2 aromatic rings. The van der Waals surface area contributed by atoms with Gasteiger partial charge in [-0.25, -0.2) is 4.98 Å². The Morgan fingerprint density at radius 2 is 2.04 bits per heavy atom. The summed E-state index contributed by atoms with van der Waals surface area (Å²) < 4.78 is 0. The Hall–Kier alpha value is -2.14. The van der Waals surface area contributed by atoms with E-state index in [1.54, 1.807) is 0 Å². The molecule has 1 aliphatic rings. The largest absolute Gasteiger partial charge is 0.396 e. The number of nitrogens with zero attached hydrogens (tertiary/aromatic N) is 3. The zero-order chi connectivity index (χ0) is 16.2. The molecule has 1 aliphatic heterocycles. The van der Waals surface area contributed by atoms with Crippen molar-refractivity contribution in [1.82, 2.24) is 9.97 Å². The van der Waals surface area contributed by atoms with Gasteiger partial charge >= 0.3 is 0 Å². The molecule has 0 bridgehead atoms. The zero-order valence-corrected chi connectivity index (χ0v) is 13.8. The molecule has 0 spiro atoms. The van der Waals surface area contributed by atoms with Crippen LogP contribution >= 0.6 is 0 Å². The first kappa shape index (κ1) is 15.7. The first-order chi connectivity index (χ1) is 11.2. The van der Waals surface area contributed by atoms with Crippen LogP contribution in [0.25, 0.3) is 0 Å². The summed E-state index contributed by atoms with van der Waals surface area (Å²) in [6.45, 7) is 5.96. The topological polar surface area (TPSA) is 61.3 Å². The van der Waals surface area contributed by atoms with Crippen molar-refractivity contribution in [2.75, 3.05) is 23.4 Å². The number of hydrogen-bond acceptors (Lipinski definition) is 5. The summed E-state index contributed by atoms with van der Waals surface area (Å²) in [5.74, 6) is 1.60. The maximum atomic E-state index is 8.90. The fourth-order valence-corrected chi connectivity index (χ4v) is 3.04. The third-order valence-electron chi connectivity index (χ3n) is 4.26. The Kier molecular flexibility index (Phi) is 4.76. The van der Waals surface area contributed by atoms with Gasteiger partial charge in [-0.15, -0.1) is 0 Å². The van der Waals surface area contributed by atoms with E-state index in [0.29, 0.717) is 25.0 Å². The molecule has 122 valence electrons. The van der Waals surface area contributed by atoms with Crippen LogP contribution in [0.4, 0.5) is 11.8 Å². The highest BCUT2D eigenvalue weighted by Gasteiger charge is 2.24. The molecule has 0 fully saturated rings. The van der Waals surface area contributed by atoms with Crippen LogP contribution in [0.2, 0.25) is 0 Å². The van der Waals surface area contributed by atoms with Crippen molar-refractivity contribution in [3.8, 4) is 0 Å². The molecule has 0 amide bonds. The Bertz CT molecular complexity index is 674. The van der Waals surface area contributed by atoms with Gasteiger partial charge in [-0.05, 0) is 37.8 Å². The molecule has 5 nitrogen and oxygen atoms in total. The number of anilines is 2. The lowest BCUT2D eigenvalue weighted by molar-refractivity contribution is 0.292. The molecule has 0 saturated heterocycles. The second-order valence-corrected chi connectivity index (χ2v) is 6.14. The van der Waals surface area contributed by atoms with Gasteiger partial charge in [0.05, 0.1) is 0 Å². The number of aromatic nitrogens is 2. The number of rotatable bonds is 5. The molecule has 0 aliphatic carbocycles. The lowest BCUT2D eigenvalue weighted by Gasteiger charge is -2.36. The van der Waals surface area contributed by atoms with E-state index in [4.69, 9.17) is 5.11 Å². The van der Waals surface area contributed by atoms with E-state index < -0.39 is 0 Å². The maximum Gasteiger partial charge on any atom is 0.224 e. The van der Waals surface area contributed by atoms with Gasteiger partial charge in [0.25, 0.3) is 0 Å². The summed E-state index contributed by atoms with van der Waals surface area (Å²) in [5, 5.41) is 12.1. The number of aryl methyl sites for hydroxylation is 1. The van der Waals surface area contributed by atoms with Crippen LogP contribution in [-0.4, -0.2) is 34.3 Å². The van der Waals surface area contributed by atoms with Gasteiger partial charge in [-0.2, -0.15) is 4.98 Å². The normalized spacial score (nSPS) is 17.0. The molecule has 0 saturated carbocycles. The Morgan fingerprint density at radius 1 is 1.26 bits per heavy atom. The Morgan fingerprint density at radius 3 is 2.83 bits per heavy atom. The van der Waals surface area contributed by atoms with Crippen LogP contribution in [0.5, 0.6) is 0 Å². The quantitative estimate of drug-likeness (QED) is 0.831. The summed E-state index contributed by atoms with van der Waals surface area (Å²) in [4.78, 5) is 11.5. The second kappa shape index (κ2) is 6.96. The van der Waals surface area contributed by atoms with Gasteiger partial charge in [-0.3, -0.25) is 0 Å². The van der Waals surface area contributed by atoms with Gasteiger partial charge in [0, 0.05) is 37.5 Å². The lowest BCUT2D eigenvalue weighted by atomic mass is 9.95. The summed E-state index contributed by atoms with van der Waals surface area (Å²) in [6.07, 6.45) is 1.73. The minimum Gasteiger partial charge on any atom is -0.396 e. The third kappa shape index (κ3) is 3.62. The van der Waals surface area contributed by atoms with Crippen LogP contribution in [0, 0.1) is 6.92 Å². The molecular formula is C18H24N4O. The zero-order valence-electron chi connectivity index (χ0n) is 13.8. The Labute approximate surface area is 137 Å². The maximum absolute atomic E-state index is 8.90. The van der Waals surface area contributed by atoms with E-state index in [9.17, 15) is 0 Å². The number of fused-ring (bicyclic) bond motifs is 1. The van der Waals surface area contributed by atoms with Gasteiger partial charge in [0.1, 0.15) is 5.82 Å². The minimum atomic E-state index is 0.172. The van der Waals surface area contributed by atoms with Crippen molar-refractivity contribution in [2.24, 2.45) is 0 Å². The smallest absolute Gasteiger partial charge is 0.224 e. The minimum absolute atomic E-state index is 0.172. The molecule has 23 heavy (non-hydrogen) atoms. The number of benzene rings is 1. The van der Waals surface area contributed by atoms with Gasteiger partial charge in [0.15, 0.2) is 0 Å². The highest BCUT2D eigenvalue weighted by molar-refractivity contribution is 5.49. The summed E-state index contributed by atoms with van der Waals surface area (Å²) >= 11 is 0. The predicted molar refractivity (Wildman–Crippen MR) is 92.8 cm³/mol. The standard InChI is InChI=1S/C18H24N4O/c1-13-10-17(21-18(20-13)19-8-5-9-23)22-12-16-7-4-3-6-15(16)11-14(22)2/h3-4,6-7,10,14,23H,5,8-9,11-12H2,1-2H3,(H,19,20,21)/t14-/m0/s1. The molecular weight excluding hydrogens is 288 g/mol. The first-order valence-electron chi connectivity index (χ1n) is 8.21. The first-order valence-corrected chi connectivity index (χ1v) is 8.21. The highest BCUT2D eigenvalue weighted by atomic mass is 16.3. The average Bonchev–Trinajstić information content (AvgIpc) is 2.54. The van der Waals surface area contributed by atoms with Crippen molar-refractivity contribution in [3.63, 3.8) is 0 Å². The van der Waals surface area contributed by atoms with E-state index >= 15 is 0 Å². The SMILES string of the molecule is Cc1cc(N2Cc3ccccc3C[C@@H]2C)nc(NCCCO)n1. The van der Waals surface area contributed by atoms with Crippen molar-refractivity contribution in [3.05, 3.63) is 47.2 Å². The van der Waals surface area contributed by atoms with E-state index in [0.717, 1.165) is 24.5 Å². The van der Waals surface area contributed by atoms with Crippen LogP contribution in [0.15, 0.2) is 30.3 Å². The molecule has 1 aromatic carbocycles. The van der Waals surface area contributed by atoms with E-state index in [1.807, 2.05) is 13.0 Å². The van der Waals surface area contributed by atoms with Crippen molar-refractivity contribution in [1.29, 1.82) is 0 Å². The van der Waals surface area contributed by atoms with Gasteiger partial charge in [0.2, 0.25) is 5.95 Å². The third-order valence-corrected chi connectivity index (χ3v) is 4.26. The van der Waals surface area contributed by atoms with Crippen molar-refractivity contribution >= 4 is 11.8 Å². The number of hydrogen-bond donors (Lipinski definition) is 2. The summed E-state index contributed by atoms with van der Waals surface area (Å²) in [6, 6.07) is 11.1. The van der Waals surface area contributed by atoms with E-state index in [1.165, 1.54) is 11.1 Å². The molecule has 2 heterocycles. The van der Waals surface area contributed by atoms with Crippen molar-refractivity contribution in [2.45, 2.75) is 39.3 Å². The van der Waals surface area contributed by atoms with Crippen LogP contribution in [-0.2, 0) is 13.0 Å². The summed E-state index contributed by atoms with van der Waals surface area (Å²) in [5.41, 5.74) is 3.76. The predicted octanol–water partition coefficient (Wildman–Crippen LogP) is 2.53. The van der Waals surface area contributed by atoms with Gasteiger partial charge in [-0.1, -0.05) is 24.3 Å². The number of nitrogens with one attached hydrogen (secondary N) is 1. The van der Waals surface area contributed by atoms with Gasteiger partial charge < -0.3 is 15.3 Å². The lowest BCUT2D eigenvalue weighted by Crippen LogP contribution is -2.39. The molecule has 0 unspecified atom stereocenters. The molecule has 0 radical (unpaired) electrons. The molecule has 1 atom stereocenters. The van der Waals surface area contributed by atoms with Crippen molar-refractivity contribution < 1.29 is 5.11 Å². The molecule has 5 heteroatoms. The number of aliphatic hydroxyl groups excluding tert-OH is 1. The molecule has 1 aromatic heterocycles. The second-order valence-electron chi connectivity index (χ2n) is 6.14.